The Morgan fingerprint density at radius 2 is 2.23 bits per heavy atom. The molecule has 110 valence electrons. The van der Waals surface area contributed by atoms with Crippen LogP contribution in [0.1, 0.15) is 11.1 Å². The third-order valence-electron chi connectivity index (χ3n) is 3.05. The number of thioether (sulfide) groups is 1. The van der Waals surface area contributed by atoms with E-state index in [-0.39, 0.29) is 5.91 Å². The maximum absolute atomic E-state index is 12.0. The first-order valence-electron chi connectivity index (χ1n) is 6.64. The van der Waals surface area contributed by atoms with Crippen LogP contribution in [0.15, 0.2) is 52.6 Å². The fourth-order valence-corrected chi connectivity index (χ4v) is 2.90. The summed E-state index contributed by atoms with van der Waals surface area (Å²) >= 11 is 7.32. The molecule has 0 bridgehead atoms. The van der Waals surface area contributed by atoms with Crippen molar-refractivity contribution in [2.45, 2.75) is 6.92 Å². The van der Waals surface area contributed by atoms with Gasteiger partial charge in [0, 0.05) is 16.7 Å². The lowest BCUT2D eigenvalue weighted by molar-refractivity contribution is -0.378. The molecule has 2 heterocycles. The summed E-state index contributed by atoms with van der Waals surface area (Å²) < 4.78 is 0. The Kier molecular flexibility index (Phi) is 4.27. The fourth-order valence-electron chi connectivity index (χ4n) is 1.94. The normalized spacial score (nSPS) is 18.0. The van der Waals surface area contributed by atoms with Gasteiger partial charge in [-0.2, -0.15) is 0 Å². The van der Waals surface area contributed by atoms with E-state index >= 15 is 0 Å². The zero-order chi connectivity index (χ0) is 15.5. The first-order chi connectivity index (χ1) is 10.6. The number of H-pyrrole nitrogens is 1. The van der Waals surface area contributed by atoms with Crippen LogP contribution in [-0.4, -0.2) is 11.1 Å². The van der Waals surface area contributed by atoms with Crippen LogP contribution >= 0.6 is 23.4 Å². The lowest BCUT2D eigenvalue weighted by Crippen LogP contribution is -2.19. The molecule has 0 unspecified atom stereocenters. The monoisotopic (exact) mass is 330 g/mol. The van der Waals surface area contributed by atoms with Gasteiger partial charge in [-0.3, -0.25) is 4.79 Å². The zero-order valence-corrected chi connectivity index (χ0v) is 13.3. The van der Waals surface area contributed by atoms with Crippen molar-refractivity contribution in [1.82, 2.24) is 5.32 Å². The largest absolute Gasteiger partial charge is 0.300 e. The Hall–Kier alpha value is -2.11. The number of carbonyl (C=O) groups is 1. The minimum absolute atomic E-state index is 0.140. The van der Waals surface area contributed by atoms with Gasteiger partial charge in [0.1, 0.15) is 0 Å². The van der Waals surface area contributed by atoms with Crippen LogP contribution in [0, 0.1) is 6.92 Å². The number of hydrogen-bond donors (Lipinski definition) is 1. The minimum atomic E-state index is -0.140. The lowest BCUT2D eigenvalue weighted by Gasteiger charge is -2.00. The van der Waals surface area contributed by atoms with Crippen LogP contribution in [0.2, 0.25) is 5.02 Å². The maximum atomic E-state index is 12.0. The topological polar surface area (TPSA) is 55.6 Å². The molecule has 1 aromatic carbocycles. The van der Waals surface area contributed by atoms with E-state index in [1.165, 1.54) is 11.8 Å². The van der Waals surface area contributed by atoms with Gasteiger partial charge < -0.3 is 5.32 Å². The lowest BCUT2D eigenvalue weighted by atomic mass is 10.2. The highest BCUT2D eigenvalue weighted by molar-refractivity contribution is 8.18. The summed E-state index contributed by atoms with van der Waals surface area (Å²) in [6.07, 6.45) is 5.48. The van der Waals surface area contributed by atoms with Gasteiger partial charge >= 0.3 is 0 Å². The molecular weight excluding hydrogens is 318 g/mol. The molecule has 6 heteroatoms. The predicted octanol–water partition coefficient (Wildman–Crippen LogP) is 3.35. The summed E-state index contributed by atoms with van der Waals surface area (Å²) in [6.45, 7) is 1.92. The number of amides is 1. The summed E-state index contributed by atoms with van der Waals surface area (Å²) in [4.78, 5) is 20.0. The second-order valence-corrected chi connectivity index (χ2v) is 6.19. The number of aryl methyl sites for hydroxylation is 1. The molecule has 0 radical (unpaired) electrons. The van der Waals surface area contributed by atoms with Crippen molar-refractivity contribution in [2.24, 2.45) is 4.99 Å². The molecular formula is C16H13ClN3OS+. The molecule has 1 saturated heterocycles. The average Bonchev–Trinajstić information content (AvgIpc) is 2.84. The Morgan fingerprint density at radius 3 is 2.95 bits per heavy atom. The molecule has 0 spiro atoms. The Labute approximate surface area is 137 Å². The molecule has 4 nitrogen and oxygen atoms in total. The van der Waals surface area contributed by atoms with E-state index in [1.54, 1.807) is 6.07 Å². The van der Waals surface area contributed by atoms with Crippen molar-refractivity contribution in [3.63, 3.8) is 0 Å². The number of carbonyl (C=O) groups excluding carboxylic acids is 1. The van der Waals surface area contributed by atoms with Crippen molar-refractivity contribution >= 4 is 46.2 Å². The van der Waals surface area contributed by atoms with Gasteiger partial charge in [-0.15, -0.1) is 0 Å². The molecule has 1 aliphatic rings. The summed E-state index contributed by atoms with van der Waals surface area (Å²) in [5, 5.41) is 4.04. The summed E-state index contributed by atoms with van der Waals surface area (Å²) in [7, 11) is 0. The second kappa shape index (κ2) is 6.34. The average molecular weight is 331 g/mol. The quantitative estimate of drug-likeness (QED) is 0.858. The van der Waals surface area contributed by atoms with Crippen molar-refractivity contribution in [1.29, 1.82) is 0 Å². The van der Waals surface area contributed by atoms with E-state index in [0.29, 0.717) is 15.1 Å². The number of halogens is 1. The van der Waals surface area contributed by atoms with Crippen LogP contribution in [0.25, 0.3) is 6.08 Å². The van der Waals surface area contributed by atoms with Crippen molar-refractivity contribution in [2.75, 3.05) is 0 Å². The fraction of sp³-hybridized carbons (Fsp3) is 0.0625. The molecule has 0 saturated carbocycles. The summed E-state index contributed by atoms with van der Waals surface area (Å²) in [5.41, 5.74) is 2.65. The number of hydrogen-bond acceptors (Lipinski definition) is 3. The highest BCUT2D eigenvalue weighted by Crippen LogP contribution is 2.29. The number of aromatic nitrogens is 1. The summed E-state index contributed by atoms with van der Waals surface area (Å²) in [5.74, 6) is -0.140. The third kappa shape index (κ3) is 3.37. The smallest absolute Gasteiger partial charge is 0.264 e. The molecule has 22 heavy (non-hydrogen) atoms. The van der Waals surface area contributed by atoms with E-state index in [0.717, 1.165) is 16.8 Å². The van der Waals surface area contributed by atoms with Gasteiger partial charge in [-0.05, 0) is 54.6 Å². The highest BCUT2D eigenvalue weighted by atomic mass is 35.5. The van der Waals surface area contributed by atoms with Gasteiger partial charge in [0.2, 0.25) is 0 Å². The van der Waals surface area contributed by atoms with E-state index in [4.69, 9.17) is 11.6 Å². The Bertz CT molecular complexity index is 787. The first kappa shape index (κ1) is 14.8. The molecule has 1 aliphatic heterocycles. The number of aliphatic imine (C=N–C) groups is 1. The minimum Gasteiger partial charge on any atom is -0.300 e. The number of nitrogens with zero attached hydrogens (tertiary/aromatic N) is 1. The molecule has 0 aliphatic carbocycles. The predicted molar refractivity (Wildman–Crippen MR) is 90.0 cm³/mol. The number of amidine groups is 1. The van der Waals surface area contributed by atoms with Crippen LogP contribution < -0.4 is 10.3 Å². The second-order valence-electron chi connectivity index (χ2n) is 4.75. The van der Waals surface area contributed by atoms with Crippen molar-refractivity contribution in [3.05, 3.63) is 63.8 Å². The van der Waals surface area contributed by atoms with E-state index in [2.05, 4.69) is 15.3 Å². The molecule has 3 rings (SSSR count). The Balaban J connectivity index is 1.83. The van der Waals surface area contributed by atoms with E-state index in [9.17, 15) is 4.79 Å². The molecule has 1 amide bonds. The number of aromatic amines is 1. The molecule has 0 atom stereocenters. The highest BCUT2D eigenvalue weighted by Gasteiger charge is 2.23. The van der Waals surface area contributed by atoms with Crippen LogP contribution in [0.5, 0.6) is 0 Å². The standard InChI is InChI=1S/C16H12ClN3OS/c1-10-7-12(4-5-13(10)17)19-16-20-15(21)14(22-16)8-11-3-2-6-18-9-11/h2-9H,1H3,(H,19,20,21)/p+1. The van der Waals surface area contributed by atoms with Gasteiger partial charge in [0.05, 0.1) is 10.6 Å². The number of benzene rings is 1. The third-order valence-corrected chi connectivity index (χ3v) is 4.39. The van der Waals surface area contributed by atoms with Crippen molar-refractivity contribution in [3.8, 4) is 0 Å². The van der Waals surface area contributed by atoms with E-state index in [1.807, 2.05) is 49.7 Å². The summed E-state index contributed by atoms with van der Waals surface area (Å²) in [6, 6.07) is 9.32. The van der Waals surface area contributed by atoms with Gasteiger partial charge in [0.25, 0.3) is 5.91 Å². The van der Waals surface area contributed by atoms with Crippen LogP contribution in [0.3, 0.4) is 0 Å². The number of rotatable bonds is 2. The maximum Gasteiger partial charge on any atom is 0.264 e. The van der Waals surface area contributed by atoms with Crippen LogP contribution in [-0.2, 0) is 4.79 Å². The number of nitrogens with one attached hydrogen (secondary N) is 2. The van der Waals surface area contributed by atoms with Gasteiger partial charge in [0.15, 0.2) is 17.6 Å². The van der Waals surface area contributed by atoms with Crippen molar-refractivity contribution < 1.29 is 9.78 Å². The number of pyridine rings is 1. The van der Waals surface area contributed by atoms with Crippen LogP contribution in [0.4, 0.5) is 5.69 Å². The van der Waals surface area contributed by atoms with Gasteiger partial charge in [-0.1, -0.05) is 11.6 Å². The first-order valence-corrected chi connectivity index (χ1v) is 7.83. The molecule has 1 fully saturated rings. The molecule has 2 aromatic rings. The van der Waals surface area contributed by atoms with E-state index < -0.39 is 0 Å². The molecule has 2 N–H and O–H groups in total. The SMILES string of the molecule is Cc1cc(N=C2NC(=O)C(=Cc3ccc[nH+]c3)S2)ccc1Cl. The zero-order valence-electron chi connectivity index (χ0n) is 11.8. The van der Waals surface area contributed by atoms with Gasteiger partial charge in [-0.25, -0.2) is 9.98 Å². The Morgan fingerprint density at radius 1 is 1.36 bits per heavy atom. The molecule has 1 aromatic heterocycles.